The lowest BCUT2D eigenvalue weighted by Gasteiger charge is -2.08. The van der Waals surface area contributed by atoms with Gasteiger partial charge in [0.2, 0.25) is 0 Å². The maximum Gasteiger partial charge on any atom is 0.261 e. The molecule has 0 saturated carbocycles. The van der Waals surface area contributed by atoms with Gasteiger partial charge in [0.15, 0.2) is 17.3 Å². The van der Waals surface area contributed by atoms with Crippen molar-refractivity contribution in [2.24, 2.45) is 14.1 Å². The lowest BCUT2D eigenvalue weighted by atomic mass is 10.1. The molecule has 1 amide bonds. The van der Waals surface area contributed by atoms with Gasteiger partial charge in [0.1, 0.15) is 29.8 Å². The molecule has 0 radical (unpaired) electrons. The third kappa shape index (κ3) is 4.51. The Bertz CT molecular complexity index is 1800. The van der Waals surface area contributed by atoms with Gasteiger partial charge in [-0.15, -0.1) is 0 Å². The topological polar surface area (TPSA) is 153 Å². The average Bonchev–Trinajstić information content (AvgIpc) is 3.63. The minimum Gasteiger partial charge on any atom is -0.508 e. The van der Waals surface area contributed by atoms with E-state index in [-0.39, 0.29) is 11.3 Å². The van der Waals surface area contributed by atoms with Crippen LogP contribution in [0.4, 0.5) is 17.2 Å². The molecule has 3 N–H and O–H groups in total. The number of anilines is 3. The molecule has 4 heterocycles. The Balaban J connectivity index is 1.25. The highest BCUT2D eigenvalue weighted by molar-refractivity contribution is 6.08. The van der Waals surface area contributed by atoms with E-state index in [1.807, 2.05) is 31.3 Å². The number of rotatable bonds is 6. The van der Waals surface area contributed by atoms with Gasteiger partial charge in [-0.3, -0.25) is 14.2 Å². The van der Waals surface area contributed by atoms with E-state index in [4.69, 9.17) is 0 Å². The molecule has 188 valence electrons. The quantitative estimate of drug-likeness (QED) is 0.309. The van der Waals surface area contributed by atoms with Crippen molar-refractivity contribution < 1.29 is 9.90 Å². The van der Waals surface area contributed by atoms with Crippen LogP contribution in [-0.4, -0.2) is 55.1 Å². The third-order valence-electron chi connectivity index (χ3n) is 5.64. The van der Waals surface area contributed by atoms with Crippen molar-refractivity contribution in [1.82, 2.24) is 44.1 Å². The number of phenols is 1. The molecule has 0 aliphatic carbocycles. The fraction of sp³-hybridized carbons (Fsp3) is 0.0800. The molecule has 0 saturated heterocycles. The lowest BCUT2D eigenvalue weighted by molar-refractivity contribution is 0.102. The van der Waals surface area contributed by atoms with Crippen molar-refractivity contribution in [3.63, 3.8) is 0 Å². The smallest absolute Gasteiger partial charge is 0.261 e. The first-order chi connectivity index (χ1) is 18.4. The number of aromatic hydroxyl groups is 1. The number of benzene rings is 2. The molecule has 0 atom stereocenters. The summed E-state index contributed by atoms with van der Waals surface area (Å²) >= 11 is 0. The van der Waals surface area contributed by atoms with Crippen molar-refractivity contribution in [3.05, 3.63) is 79.1 Å². The first-order valence-corrected chi connectivity index (χ1v) is 11.5. The van der Waals surface area contributed by atoms with Crippen LogP contribution >= 0.6 is 0 Å². The highest BCUT2D eigenvalue weighted by Crippen LogP contribution is 2.27. The molecule has 0 spiro atoms. The highest BCUT2D eigenvalue weighted by atomic mass is 16.3. The van der Waals surface area contributed by atoms with Crippen LogP contribution in [-0.2, 0) is 14.1 Å². The first kappa shape index (κ1) is 22.8. The average molecular weight is 508 g/mol. The molecule has 0 fully saturated rings. The summed E-state index contributed by atoms with van der Waals surface area (Å²) in [6, 6.07) is 14.1. The number of phenolic OH excluding ortho intramolecular Hbond substituents is 1. The molecule has 38 heavy (non-hydrogen) atoms. The van der Waals surface area contributed by atoms with Gasteiger partial charge in [-0.2, -0.15) is 15.3 Å². The molecule has 2 aromatic carbocycles. The Kier molecular flexibility index (Phi) is 5.49. The first-order valence-electron chi connectivity index (χ1n) is 11.5. The summed E-state index contributed by atoms with van der Waals surface area (Å²) in [7, 11) is 3.56. The molecule has 4 aromatic heterocycles. The number of amides is 1. The summed E-state index contributed by atoms with van der Waals surface area (Å²) in [4.78, 5) is 26.3. The fourth-order valence-corrected chi connectivity index (χ4v) is 3.94. The van der Waals surface area contributed by atoms with Crippen LogP contribution in [0.3, 0.4) is 0 Å². The molecular formula is C25H21N11O2. The van der Waals surface area contributed by atoms with Gasteiger partial charge in [-0.25, -0.2) is 19.5 Å². The lowest BCUT2D eigenvalue weighted by Crippen LogP contribution is -2.12. The predicted octanol–water partition coefficient (Wildman–Crippen LogP) is 3.02. The van der Waals surface area contributed by atoms with Gasteiger partial charge in [-0.05, 0) is 30.3 Å². The van der Waals surface area contributed by atoms with Gasteiger partial charge in [0, 0.05) is 48.9 Å². The third-order valence-corrected chi connectivity index (χ3v) is 5.64. The molecule has 13 nitrogen and oxygen atoms in total. The largest absolute Gasteiger partial charge is 0.508 e. The maximum atomic E-state index is 13.2. The molecule has 0 bridgehead atoms. The van der Waals surface area contributed by atoms with Crippen molar-refractivity contribution in [1.29, 1.82) is 0 Å². The Morgan fingerprint density at radius 1 is 0.895 bits per heavy atom. The number of hydrogen-bond acceptors (Lipinski definition) is 9. The fourth-order valence-electron chi connectivity index (χ4n) is 3.94. The summed E-state index contributed by atoms with van der Waals surface area (Å²) in [5.74, 6) is 1.11. The zero-order valence-electron chi connectivity index (χ0n) is 20.3. The summed E-state index contributed by atoms with van der Waals surface area (Å²) in [5, 5.41) is 29.1. The van der Waals surface area contributed by atoms with Crippen molar-refractivity contribution >= 4 is 28.7 Å². The second kappa shape index (κ2) is 9.13. The minimum atomic E-state index is -0.432. The summed E-state index contributed by atoms with van der Waals surface area (Å²) in [5.41, 5.74) is 3.21. The van der Waals surface area contributed by atoms with Crippen LogP contribution in [0.2, 0.25) is 0 Å². The van der Waals surface area contributed by atoms with Crippen LogP contribution in [0.15, 0.2) is 73.6 Å². The second-order valence-corrected chi connectivity index (χ2v) is 8.55. The van der Waals surface area contributed by atoms with Crippen LogP contribution in [0.25, 0.3) is 28.4 Å². The Labute approximate surface area is 215 Å². The number of carbonyl (C=O) groups is 1. The predicted molar refractivity (Wildman–Crippen MR) is 139 cm³/mol. The van der Waals surface area contributed by atoms with Gasteiger partial charge in [0.25, 0.3) is 5.91 Å². The molecule has 6 rings (SSSR count). The number of fused-ring (bicyclic) bond motifs is 1. The number of nitrogens with zero attached hydrogens (tertiary/aromatic N) is 9. The summed E-state index contributed by atoms with van der Waals surface area (Å²) < 4.78 is 4.71. The Hall–Kier alpha value is -5.59. The van der Waals surface area contributed by atoms with E-state index in [9.17, 15) is 9.90 Å². The van der Waals surface area contributed by atoms with Gasteiger partial charge in [0.05, 0.1) is 6.20 Å². The standard InChI is InChI=1S/C25H21N11O2/c1-34-13-26-22(32-34)15-4-3-5-17(8-15)29-21-6-7-36-24(31-21)20(12-28-36)25(38)30-18-9-16(10-19(37)11-18)23-27-14-35(2)33-23/h3-14,37H,1-2H3,(H,29,31)(H,30,38). The normalized spacial score (nSPS) is 11.1. The Morgan fingerprint density at radius 2 is 1.63 bits per heavy atom. The van der Waals surface area contributed by atoms with Crippen molar-refractivity contribution in [2.45, 2.75) is 0 Å². The van der Waals surface area contributed by atoms with Crippen LogP contribution in [0.1, 0.15) is 10.4 Å². The number of nitrogens with one attached hydrogen (secondary N) is 2. The number of aromatic nitrogens is 9. The van der Waals surface area contributed by atoms with E-state index < -0.39 is 5.91 Å². The van der Waals surface area contributed by atoms with E-state index in [0.717, 1.165) is 11.3 Å². The summed E-state index contributed by atoms with van der Waals surface area (Å²) in [6.45, 7) is 0. The van der Waals surface area contributed by atoms with E-state index in [2.05, 4.69) is 40.9 Å². The van der Waals surface area contributed by atoms with E-state index in [0.29, 0.717) is 34.4 Å². The monoisotopic (exact) mass is 507 g/mol. The number of carbonyl (C=O) groups excluding carboxylic acids is 1. The van der Waals surface area contributed by atoms with E-state index >= 15 is 0 Å². The van der Waals surface area contributed by atoms with Gasteiger partial charge < -0.3 is 15.7 Å². The van der Waals surface area contributed by atoms with E-state index in [1.54, 1.807) is 47.4 Å². The molecule has 0 aliphatic rings. The number of aryl methyl sites for hydroxylation is 2. The molecule has 0 unspecified atom stereocenters. The van der Waals surface area contributed by atoms with Crippen LogP contribution in [0.5, 0.6) is 5.75 Å². The summed E-state index contributed by atoms with van der Waals surface area (Å²) in [6.07, 6.45) is 6.35. The number of hydrogen-bond donors (Lipinski definition) is 3. The second-order valence-electron chi connectivity index (χ2n) is 8.55. The molecule has 13 heteroatoms. The van der Waals surface area contributed by atoms with Gasteiger partial charge >= 0.3 is 0 Å². The zero-order chi connectivity index (χ0) is 26.2. The van der Waals surface area contributed by atoms with E-state index in [1.165, 1.54) is 22.8 Å². The van der Waals surface area contributed by atoms with Crippen molar-refractivity contribution in [3.8, 4) is 28.5 Å². The highest BCUT2D eigenvalue weighted by Gasteiger charge is 2.16. The molecular weight excluding hydrogens is 486 g/mol. The zero-order valence-corrected chi connectivity index (χ0v) is 20.3. The van der Waals surface area contributed by atoms with Crippen LogP contribution < -0.4 is 10.6 Å². The molecule has 6 aromatic rings. The maximum absolute atomic E-state index is 13.2. The van der Waals surface area contributed by atoms with Crippen molar-refractivity contribution in [2.75, 3.05) is 10.6 Å². The molecule has 0 aliphatic heterocycles. The Morgan fingerprint density at radius 3 is 2.37 bits per heavy atom. The SMILES string of the molecule is Cn1cnc(-c2cc(O)cc(NC(=O)c3cnn4ccc(Nc5cccc(-c6ncn(C)n6)c5)nc34)c2)n1. The minimum absolute atomic E-state index is 0.0298. The van der Waals surface area contributed by atoms with Crippen LogP contribution in [0, 0.1) is 0 Å². The van der Waals surface area contributed by atoms with Gasteiger partial charge in [-0.1, -0.05) is 12.1 Å².